The summed E-state index contributed by atoms with van der Waals surface area (Å²) in [5.41, 5.74) is 5.30. The van der Waals surface area contributed by atoms with Crippen LogP contribution < -0.4 is 8.96 Å². The number of halogens is 2. The predicted octanol–water partition coefficient (Wildman–Crippen LogP) is 8.03. The van der Waals surface area contributed by atoms with E-state index in [-0.39, 0.29) is 11.6 Å². The molecule has 0 N–H and O–H groups in total. The van der Waals surface area contributed by atoms with Crippen LogP contribution in [0.25, 0.3) is 55.1 Å². The van der Waals surface area contributed by atoms with E-state index in [1.165, 1.54) is 6.07 Å². The average Bonchev–Trinajstić information content (AvgIpc) is 3.22. The second kappa shape index (κ2) is 8.52. The van der Waals surface area contributed by atoms with Crippen LogP contribution in [0.3, 0.4) is 0 Å². The topological polar surface area (TPSA) is 17.0 Å². The van der Waals surface area contributed by atoms with Gasteiger partial charge in [0.2, 0.25) is 0 Å². The summed E-state index contributed by atoms with van der Waals surface area (Å²) in [4.78, 5) is 0. The van der Waals surface area contributed by atoms with Crippen LogP contribution in [-0.4, -0.2) is 13.3 Å². The Morgan fingerprint density at radius 1 is 0.730 bits per heavy atom. The molecule has 37 heavy (non-hydrogen) atoms. The van der Waals surface area contributed by atoms with E-state index in [9.17, 15) is 4.39 Å². The van der Waals surface area contributed by atoms with Crippen LogP contribution in [0.2, 0.25) is 17.3 Å². The molecule has 0 unspecified atom stereocenters. The van der Waals surface area contributed by atoms with Gasteiger partial charge in [-0.3, -0.25) is 0 Å². The summed E-state index contributed by atoms with van der Waals surface area (Å²) in [6.45, 7) is 2.04. The van der Waals surface area contributed by atoms with Gasteiger partial charge in [0.15, 0.2) is 0 Å². The zero-order valence-corrected chi connectivity index (χ0v) is 23.7. The Kier molecular flexibility index (Phi) is 5.50. The third-order valence-electron chi connectivity index (χ3n) is 7.32. The maximum atomic E-state index is 15.6. The molecule has 0 aliphatic carbocycles. The Labute approximate surface area is 217 Å². The van der Waals surface area contributed by atoms with Crippen LogP contribution in [0.4, 0.5) is 8.78 Å². The summed E-state index contributed by atoms with van der Waals surface area (Å²) < 4.78 is 39.8. The summed E-state index contributed by atoms with van der Waals surface area (Å²) in [5.74, 6) is 6.09. The number of hydrogen-bond acceptors (Lipinski definition) is 1. The van der Waals surface area contributed by atoms with E-state index in [0.29, 0.717) is 16.7 Å². The molecular weight excluding hydrogens is 525 g/mol. The van der Waals surface area contributed by atoms with Crippen molar-refractivity contribution in [3.8, 4) is 22.4 Å². The Hall–Kier alpha value is -3.51. The van der Waals surface area contributed by atoms with Gasteiger partial charge in [0, 0.05) is 0 Å². The van der Waals surface area contributed by atoms with Gasteiger partial charge in [-0.1, -0.05) is 6.07 Å². The second-order valence-electron chi connectivity index (χ2n) is 10.8. The molecule has 0 saturated heterocycles. The molecule has 0 bridgehead atoms. The summed E-state index contributed by atoms with van der Waals surface area (Å²) in [6, 6.07) is 23.3. The van der Waals surface area contributed by atoms with E-state index in [1.807, 2.05) is 73.1 Å². The molecule has 0 radical (unpaired) electrons. The average molecular weight is 553 g/mol. The number of hydrogen-bond donors (Lipinski definition) is 0. The summed E-state index contributed by atoms with van der Waals surface area (Å²) in [6.07, 6.45) is 1.57. The normalized spacial score (nSPS) is 12.2. The minimum absolute atomic E-state index is 0.159. The molecule has 0 fully saturated rings. The van der Waals surface area contributed by atoms with Crippen LogP contribution in [0, 0.1) is 18.6 Å². The van der Waals surface area contributed by atoms with Crippen LogP contribution in [0.15, 0.2) is 83.4 Å². The minimum atomic E-state index is -2.49. The van der Waals surface area contributed by atoms with Gasteiger partial charge in [-0.25, -0.2) is 0 Å². The molecule has 0 aliphatic heterocycles. The summed E-state index contributed by atoms with van der Waals surface area (Å²) >= 11 is -2.49. The first kappa shape index (κ1) is 23.9. The molecule has 4 aromatic carbocycles. The monoisotopic (exact) mass is 554 g/mol. The number of nitrogens with zero attached hydrogens (tertiary/aromatic N) is 1. The molecule has 0 saturated carbocycles. The molecule has 0 spiro atoms. The van der Waals surface area contributed by atoms with Crippen molar-refractivity contribution in [2.75, 3.05) is 0 Å². The molecule has 2 heterocycles. The molecule has 184 valence electrons. The summed E-state index contributed by atoms with van der Waals surface area (Å²) in [5, 5.41) is 3.79. The zero-order chi connectivity index (χ0) is 26.1. The fourth-order valence-corrected chi connectivity index (χ4v) is 8.26. The molecule has 6 rings (SSSR count). The molecular formula is C32H28F2GeNO+. The third kappa shape index (κ3) is 3.77. The second-order valence-corrected chi connectivity index (χ2v) is 21.4. The van der Waals surface area contributed by atoms with E-state index in [1.54, 1.807) is 12.3 Å². The van der Waals surface area contributed by atoms with Crippen molar-refractivity contribution in [1.29, 1.82) is 0 Å². The number of pyridine rings is 1. The van der Waals surface area contributed by atoms with Crippen molar-refractivity contribution in [1.82, 2.24) is 0 Å². The van der Waals surface area contributed by atoms with Crippen molar-refractivity contribution in [3.05, 3.63) is 96.2 Å². The van der Waals surface area contributed by atoms with Crippen LogP contribution in [0.5, 0.6) is 0 Å². The molecule has 2 aromatic heterocycles. The first-order valence-electron chi connectivity index (χ1n) is 12.5. The van der Waals surface area contributed by atoms with E-state index < -0.39 is 13.3 Å². The van der Waals surface area contributed by atoms with E-state index >= 15 is 4.39 Å². The quantitative estimate of drug-likeness (QED) is 0.160. The van der Waals surface area contributed by atoms with Gasteiger partial charge in [-0.2, -0.15) is 0 Å². The first-order valence-corrected chi connectivity index (χ1v) is 19.8. The predicted molar refractivity (Wildman–Crippen MR) is 151 cm³/mol. The number of aromatic nitrogens is 1. The van der Waals surface area contributed by atoms with Crippen LogP contribution in [-0.2, 0) is 7.05 Å². The molecule has 2 nitrogen and oxygen atoms in total. The van der Waals surface area contributed by atoms with Crippen LogP contribution >= 0.6 is 0 Å². The SMILES string of the molecule is Cc1ccc2c(oc3c(-c4cccc5ccccc45)c(F)ccc32)c1-c1c[c]([Ge]([CH3])([CH3])[CH3])c(F)c[n+]1C. The molecule has 5 heteroatoms. The van der Waals surface area contributed by atoms with E-state index in [4.69, 9.17) is 4.42 Å². The maximum absolute atomic E-state index is 15.6. The van der Waals surface area contributed by atoms with E-state index in [2.05, 4.69) is 23.3 Å². The summed E-state index contributed by atoms with van der Waals surface area (Å²) in [7, 11) is 1.86. The number of rotatable bonds is 3. The Bertz CT molecular complexity index is 1860. The standard InChI is InChI=1S/C32H28F2GeNO/c1-19-13-14-23-24-15-16-25(33)30(22-12-8-10-20-9-6-7-11-21(20)22)32(24)37-31(23)29(19)28-17-27(35(2,3)4)26(34)18-36(28)5/h6-18H,1-5H3/q+1. The van der Waals surface area contributed by atoms with Crippen molar-refractivity contribution in [2.45, 2.75) is 24.2 Å². The fourth-order valence-electron chi connectivity index (χ4n) is 5.43. The Morgan fingerprint density at radius 2 is 1.41 bits per heavy atom. The van der Waals surface area contributed by atoms with Crippen LogP contribution in [0.1, 0.15) is 5.56 Å². The van der Waals surface area contributed by atoms with Gasteiger partial charge in [-0.05, 0) is 0 Å². The molecule has 0 aliphatic rings. The molecule has 0 amide bonds. The van der Waals surface area contributed by atoms with Gasteiger partial charge < -0.3 is 0 Å². The third-order valence-corrected chi connectivity index (χ3v) is 11.5. The van der Waals surface area contributed by atoms with Gasteiger partial charge in [0.25, 0.3) is 0 Å². The number of aryl methyl sites for hydroxylation is 2. The number of furan rings is 1. The van der Waals surface area contributed by atoms with Gasteiger partial charge in [0.1, 0.15) is 0 Å². The number of benzene rings is 4. The molecule has 6 aromatic rings. The van der Waals surface area contributed by atoms with Crippen molar-refractivity contribution >= 4 is 50.4 Å². The Balaban J connectivity index is 1.71. The van der Waals surface area contributed by atoms with Crippen molar-refractivity contribution < 1.29 is 17.8 Å². The zero-order valence-electron chi connectivity index (χ0n) is 21.6. The molecule has 0 atom stereocenters. The Morgan fingerprint density at radius 3 is 2.16 bits per heavy atom. The van der Waals surface area contributed by atoms with E-state index in [0.717, 1.165) is 48.3 Å². The van der Waals surface area contributed by atoms with Gasteiger partial charge in [0.05, 0.1) is 0 Å². The van der Waals surface area contributed by atoms with Crippen molar-refractivity contribution in [2.24, 2.45) is 7.05 Å². The first-order chi connectivity index (χ1) is 17.6. The number of fused-ring (bicyclic) bond motifs is 4. The van der Waals surface area contributed by atoms with Gasteiger partial charge >= 0.3 is 212 Å². The fraction of sp³-hybridized carbons (Fsp3) is 0.156. The van der Waals surface area contributed by atoms with Gasteiger partial charge in [-0.15, -0.1) is 0 Å². The van der Waals surface area contributed by atoms with Crippen molar-refractivity contribution in [3.63, 3.8) is 0 Å².